The molecule has 0 saturated carbocycles. The number of piperidine rings is 1. The molecule has 1 aliphatic heterocycles. The standard InChI is InChI=1S/C15H23BrN2O4S2/c1-11(15(19)17-7-10-22-2)12-5-8-18(9-6-12)24(20,21)14-4-3-13(16)23-14/h3-4,11-12H,5-10H2,1-2H3,(H,17,19)/t11-/m0/s1. The number of nitrogens with one attached hydrogen (secondary N) is 1. The van der Waals surface area contributed by atoms with Crippen LogP contribution in [0.4, 0.5) is 0 Å². The Labute approximate surface area is 155 Å². The van der Waals surface area contributed by atoms with Gasteiger partial charge in [-0.15, -0.1) is 11.3 Å². The molecule has 0 aliphatic carbocycles. The zero-order valence-corrected chi connectivity index (χ0v) is 17.0. The maximum atomic E-state index is 12.6. The summed E-state index contributed by atoms with van der Waals surface area (Å²) in [5.74, 6) is 0.0900. The van der Waals surface area contributed by atoms with Gasteiger partial charge in [0, 0.05) is 32.7 Å². The summed E-state index contributed by atoms with van der Waals surface area (Å²) in [5, 5.41) is 2.85. The number of ether oxygens (including phenoxy) is 1. The van der Waals surface area contributed by atoms with Crippen molar-refractivity contribution in [2.45, 2.75) is 24.0 Å². The van der Waals surface area contributed by atoms with Gasteiger partial charge < -0.3 is 10.1 Å². The van der Waals surface area contributed by atoms with Crippen LogP contribution in [-0.2, 0) is 19.6 Å². The Hall–Kier alpha value is -0.480. The van der Waals surface area contributed by atoms with E-state index in [9.17, 15) is 13.2 Å². The molecular weight excluding hydrogens is 416 g/mol. The lowest BCUT2D eigenvalue weighted by Gasteiger charge is -2.33. The van der Waals surface area contributed by atoms with Gasteiger partial charge in [-0.2, -0.15) is 4.31 Å². The highest BCUT2D eigenvalue weighted by Gasteiger charge is 2.33. The second-order valence-electron chi connectivity index (χ2n) is 5.87. The second kappa shape index (κ2) is 8.75. The lowest BCUT2D eigenvalue weighted by atomic mass is 9.85. The van der Waals surface area contributed by atoms with Gasteiger partial charge in [-0.05, 0) is 46.8 Å². The summed E-state index contributed by atoms with van der Waals surface area (Å²) < 4.78 is 32.8. The first-order valence-corrected chi connectivity index (χ1v) is 10.9. The molecule has 1 aromatic heterocycles. The third-order valence-corrected chi connectivity index (χ3v) is 8.36. The van der Waals surface area contributed by atoms with Crippen LogP contribution in [0.1, 0.15) is 19.8 Å². The van der Waals surface area contributed by atoms with Gasteiger partial charge >= 0.3 is 0 Å². The minimum absolute atomic E-state index is 0.00976. The molecule has 1 atom stereocenters. The Morgan fingerprint density at radius 1 is 1.46 bits per heavy atom. The van der Waals surface area contributed by atoms with Crippen molar-refractivity contribution < 1.29 is 17.9 Å². The highest BCUT2D eigenvalue weighted by Crippen LogP contribution is 2.32. The molecule has 1 saturated heterocycles. The van der Waals surface area contributed by atoms with Gasteiger partial charge in [-0.25, -0.2) is 8.42 Å². The highest BCUT2D eigenvalue weighted by molar-refractivity contribution is 9.11. The van der Waals surface area contributed by atoms with Crippen LogP contribution < -0.4 is 5.32 Å². The van der Waals surface area contributed by atoms with Crippen molar-refractivity contribution in [2.75, 3.05) is 33.4 Å². The zero-order valence-electron chi connectivity index (χ0n) is 13.8. The summed E-state index contributed by atoms with van der Waals surface area (Å²) in [6.07, 6.45) is 1.40. The predicted molar refractivity (Wildman–Crippen MR) is 97.6 cm³/mol. The number of amides is 1. The Morgan fingerprint density at radius 3 is 2.67 bits per heavy atom. The molecule has 136 valence electrons. The predicted octanol–water partition coefficient (Wildman–Crippen LogP) is 2.31. The van der Waals surface area contributed by atoms with Gasteiger partial charge in [0.25, 0.3) is 10.0 Å². The highest BCUT2D eigenvalue weighted by atomic mass is 79.9. The van der Waals surface area contributed by atoms with Crippen LogP contribution in [-0.4, -0.2) is 52.0 Å². The van der Waals surface area contributed by atoms with Gasteiger partial charge in [0.1, 0.15) is 4.21 Å². The van der Waals surface area contributed by atoms with Crippen molar-refractivity contribution in [3.63, 3.8) is 0 Å². The molecule has 1 aliphatic rings. The van der Waals surface area contributed by atoms with E-state index in [1.807, 2.05) is 6.92 Å². The van der Waals surface area contributed by atoms with Crippen molar-refractivity contribution in [3.05, 3.63) is 15.9 Å². The number of halogens is 1. The van der Waals surface area contributed by atoms with Gasteiger partial charge in [-0.3, -0.25) is 4.79 Å². The fraction of sp³-hybridized carbons (Fsp3) is 0.667. The Balaban J connectivity index is 1.90. The van der Waals surface area contributed by atoms with E-state index in [1.165, 1.54) is 15.6 Å². The maximum Gasteiger partial charge on any atom is 0.252 e. The molecule has 0 bridgehead atoms. The topological polar surface area (TPSA) is 75.7 Å². The summed E-state index contributed by atoms with van der Waals surface area (Å²) in [6.45, 7) is 3.81. The number of carbonyl (C=O) groups excluding carboxylic acids is 1. The summed E-state index contributed by atoms with van der Waals surface area (Å²) in [7, 11) is -1.83. The molecule has 1 N–H and O–H groups in total. The van der Waals surface area contributed by atoms with E-state index in [-0.39, 0.29) is 17.7 Å². The lowest BCUT2D eigenvalue weighted by Crippen LogP contribution is -2.42. The summed E-state index contributed by atoms with van der Waals surface area (Å²) in [4.78, 5) is 12.1. The van der Waals surface area contributed by atoms with Crippen molar-refractivity contribution in [3.8, 4) is 0 Å². The molecule has 0 aromatic carbocycles. The summed E-state index contributed by atoms with van der Waals surface area (Å²) in [6, 6.07) is 3.37. The van der Waals surface area contributed by atoms with E-state index in [4.69, 9.17) is 4.74 Å². The third kappa shape index (κ3) is 4.78. The zero-order chi connectivity index (χ0) is 17.7. The second-order valence-corrected chi connectivity index (χ2v) is 10.5. The van der Waals surface area contributed by atoms with Crippen LogP contribution in [0.15, 0.2) is 20.1 Å². The summed E-state index contributed by atoms with van der Waals surface area (Å²) in [5.41, 5.74) is 0. The molecule has 9 heteroatoms. The largest absolute Gasteiger partial charge is 0.383 e. The molecule has 0 radical (unpaired) electrons. The molecule has 24 heavy (non-hydrogen) atoms. The Bertz CT molecular complexity index is 654. The maximum absolute atomic E-state index is 12.6. The molecular formula is C15H23BrN2O4S2. The molecule has 1 fully saturated rings. The smallest absolute Gasteiger partial charge is 0.252 e. The van der Waals surface area contributed by atoms with E-state index in [2.05, 4.69) is 21.2 Å². The molecule has 0 spiro atoms. The van der Waals surface area contributed by atoms with E-state index >= 15 is 0 Å². The molecule has 1 aromatic rings. The quantitative estimate of drug-likeness (QED) is 0.662. The molecule has 2 rings (SSSR count). The average Bonchev–Trinajstić information content (AvgIpc) is 3.01. The van der Waals surface area contributed by atoms with Crippen molar-refractivity contribution in [1.29, 1.82) is 0 Å². The first-order chi connectivity index (χ1) is 11.4. The SMILES string of the molecule is COCCNC(=O)[C@@H](C)C1CCN(S(=O)(=O)c2ccc(Br)s2)CC1. The van der Waals surface area contributed by atoms with E-state index in [1.54, 1.807) is 19.2 Å². The van der Waals surface area contributed by atoms with Gasteiger partial charge in [0.2, 0.25) is 5.91 Å². The fourth-order valence-corrected chi connectivity index (χ4v) is 6.47. The van der Waals surface area contributed by atoms with Crippen LogP contribution in [0.3, 0.4) is 0 Å². The number of hydrogen-bond donors (Lipinski definition) is 1. The van der Waals surface area contributed by atoms with Crippen LogP contribution in [0.2, 0.25) is 0 Å². The minimum atomic E-state index is -3.42. The first-order valence-electron chi connectivity index (χ1n) is 7.88. The van der Waals surface area contributed by atoms with Crippen molar-refractivity contribution in [1.82, 2.24) is 9.62 Å². The van der Waals surface area contributed by atoms with Crippen LogP contribution in [0, 0.1) is 11.8 Å². The number of methoxy groups -OCH3 is 1. The Morgan fingerprint density at radius 2 is 2.12 bits per heavy atom. The van der Waals surface area contributed by atoms with E-state index < -0.39 is 10.0 Å². The number of carbonyl (C=O) groups is 1. The molecule has 2 heterocycles. The molecule has 0 unspecified atom stereocenters. The minimum Gasteiger partial charge on any atom is -0.383 e. The normalized spacial score (nSPS) is 18.5. The third-order valence-electron chi connectivity index (χ3n) is 4.37. The van der Waals surface area contributed by atoms with Crippen molar-refractivity contribution in [2.24, 2.45) is 11.8 Å². The summed E-state index contributed by atoms with van der Waals surface area (Å²) >= 11 is 4.52. The van der Waals surface area contributed by atoms with E-state index in [0.717, 1.165) is 3.79 Å². The van der Waals surface area contributed by atoms with Crippen molar-refractivity contribution >= 4 is 43.2 Å². The van der Waals surface area contributed by atoms with E-state index in [0.29, 0.717) is 43.3 Å². The molecule has 6 nitrogen and oxygen atoms in total. The number of sulfonamides is 1. The molecule has 1 amide bonds. The lowest BCUT2D eigenvalue weighted by molar-refractivity contribution is -0.126. The number of rotatable bonds is 7. The van der Waals surface area contributed by atoms with Crippen LogP contribution in [0.5, 0.6) is 0 Å². The van der Waals surface area contributed by atoms with Gasteiger partial charge in [0.05, 0.1) is 10.4 Å². The van der Waals surface area contributed by atoms with Crippen LogP contribution >= 0.6 is 27.3 Å². The number of nitrogens with zero attached hydrogens (tertiary/aromatic N) is 1. The van der Waals surface area contributed by atoms with Gasteiger partial charge in [0.15, 0.2) is 0 Å². The Kier molecular flexibility index (Phi) is 7.23. The number of thiophene rings is 1. The number of hydrogen-bond acceptors (Lipinski definition) is 5. The van der Waals surface area contributed by atoms with Crippen LogP contribution in [0.25, 0.3) is 0 Å². The average molecular weight is 439 g/mol. The van der Waals surface area contributed by atoms with Gasteiger partial charge in [-0.1, -0.05) is 6.92 Å². The monoisotopic (exact) mass is 438 g/mol. The fourth-order valence-electron chi connectivity index (χ4n) is 2.83. The first kappa shape index (κ1) is 19.8.